The lowest BCUT2D eigenvalue weighted by Crippen LogP contribution is -2.47. The Labute approximate surface area is 220 Å². The average Bonchev–Trinajstić information content (AvgIpc) is 3.47. The highest BCUT2D eigenvalue weighted by Crippen LogP contribution is 2.31. The van der Waals surface area contributed by atoms with Crippen LogP contribution in [0.1, 0.15) is 49.2 Å². The maximum atomic E-state index is 12.8. The lowest BCUT2D eigenvalue weighted by atomic mass is 10.0. The molecule has 1 aliphatic heterocycles. The number of hydrogen-bond donors (Lipinski definition) is 1. The highest BCUT2D eigenvalue weighted by Gasteiger charge is 2.28. The number of likely N-dealkylation sites (tertiary alicyclic amines) is 1. The molecule has 0 spiro atoms. The van der Waals surface area contributed by atoms with E-state index in [-0.39, 0.29) is 18.1 Å². The molecule has 0 unspecified atom stereocenters. The average molecular weight is 506 g/mol. The van der Waals surface area contributed by atoms with E-state index in [2.05, 4.69) is 64.1 Å². The summed E-state index contributed by atoms with van der Waals surface area (Å²) in [6.45, 7) is 5.89. The molecule has 36 heavy (non-hydrogen) atoms. The Kier molecular flexibility index (Phi) is 9.96. The molecule has 0 bridgehead atoms. The van der Waals surface area contributed by atoms with Crippen molar-refractivity contribution in [3.8, 4) is 5.75 Å². The molecule has 3 aromatic rings. The Morgan fingerprint density at radius 3 is 2.53 bits per heavy atom. The Balaban J connectivity index is 1.35. The van der Waals surface area contributed by atoms with Crippen LogP contribution >= 0.6 is 11.3 Å². The standard InChI is InChI=1S/C30H39N3O2S/c1-3-30(34)33(25-11-5-4-6-12-25)26-17-21-32(22-18-26)20-16-24-10-7-8-13-27(24)35-28(15-19-31-2)29-14-9-23-36-29/h4-14,23,26,28,31H,3,15-22H2,1-2H3/t28-/m1/s1. The van der Waals surface area contributed by atoms with Crippen LogP contribution in [0, 0.1) is 0 Å². The molecule has 6 heteroatoms. The van der Waals surface area contributed by atoms with E-state index in [4.69, 9.17) is 4.74 Å². The SMILES string of the molecule is CCC(=O)N(c1ccccc1)C1CCN(CCc2ccccc2O[C@H](CCNC)c2cccs2)CC1. The third-order valence-electron chi connectivity index (χ3n) is 6.98. The van der Waals surface area contributed by atoms with Crippen molar-refractivity contribution in [1.82, 2.24) is 10.2 Å². The number of hydrogen-bond acceptors (Lipinski definition) is 5. The van der Waals surface area contributed by atoms with E-state index < -0.39 is 0 Å². The summed E-state index contributed by atoms with van der Waals surface area (Å²) in [5, 5.41) is 5.37. The molecule has 1 aromatic heterocycles. The van der Waals surface area contributed by atoms with Crippen LogP contribution in [0.5, 0.6) is 5.75 Å². The molecule has 1 N–H and O–H groups in total. The van der Waals surface area contributed by atoms with E-state index in [9.17, 15) is 4.79 Å². The molecule has 4 rings (SSSR count). The monoisotopic (exact) mass is 505 g/mol. The van der Waals surface area contributed by atoms with Crippen LogP contribution in [0.25, 0.3) is 0 Å². The van der Waals surface area contributed by atoms with Crippen LogP contribution in [0.3, 0.4) is 0 Å². The first-order valence-electron chi connectivity index (χ1n) is 13.2. The van der Waals surface area contributed by atoms with Crippen LogP contribution in [0.15, 0.2) is 72.1 Å². The van der Waals surface area contributed by atoms with Gasteiger partial charge in [0.1, 0.15) is 11.9 Å². The zero-order chi connectivity index (χ0) is 25.2. The van der Waals surface area contributed by atoms with Gasteiger partial charge in [-0.05, 0) is 68.1 Å². The Hall–Kier alpha value is -2.67. The van der Waals surface area contributed by atoms with Crippen LogP contribution in [0.4, 0.5) is 5.69 Å². The first kappa shape index (κ1) is 26.4. The second-order valence-corrected chi connectivity index (χ2v) is 10.4. The molecule has 0 saturated carbocycles. The highest BCUT2D eigenvalue weighted by molar-refractivity contribution is 7.10. The smallest absolute Gasteiger partial charge is 0.226 e. The molecule has 2 heterocycles. The molecule has 1 aliphatic rings. The molecule has 0 aliphatic carbocycles. The maximum absolute atomic E-state index is 12.8. The minimum Gasteiger partial charge on any atom is -0.485 e. The summed E-state index contributed by atoms with van der Waals surface area (Å²) in [5.41, 5.74) is 2.28. The summed E-state index contributed by atoms with van der Waals surface area (Å²) in [4.78, 5) is 18.6. The van der Waals surface area contributed by atoms with Gasteiger partial charge in [0.2, 0.25) is 5.91 Å². The number of ether oxygens (including phenoxy) is 1. The topological polar surface area (TPSA) is 44.8 Å². The summed E-state index contributed by atoms with van der Waals surface area (Å²) >= 11 is 1.76. The minimum absolute atomic E-state index is 0.0643. The van der Waals surface area contributed by atoms with Gasteiger partial charge in [0.05, 0.1) is 0 Å². The summed E-state index contributed by atoms with van der Waals surface area (Å²) in [5.74, 6) is 1.20. The van der Waals surface area contributed by atoms with Gasteiger partial charge in [-0.2, -0.15) is 0 Å². The van der Waals surface area contributed by atoms with Gasteiger partial charge in [-0.1, -0.05) is 49.4 Å². The van der Waals surface area contributed by atoms with Crippen LogP contribution in [-0.4, -0.2) is 50.1 Å². The van der Waals surface area contributed by atoms with Crippen molar-refractivity contribution in [3.63, 3.8) is 0 Å². The van der Waals surface area contributed by atoms with E-state index >= 15 is 0 Å². The molecule has 1 amide bonds. The van der Waals surface area contributed by atoms with E-state index in [0.717, 1.165) is 63.3 Å². The van der Waals surface area contributed by atoms with Crippen molar-refractivity contribution in [2.45, 2.75) is 51.2 Å². The fraction of sp³-hybridized carbons (Fsp3) is 0.433. The second kappa shape index (κ2) is 13.6. The number of anilines is 1. The molecule has 1 atom stereocenters. The van der Waals surface area contributed by atoms with Gasteiger partial charge in [0.15, 0.2) is 0 Å². The quantitative estimate of drug-likeness (QED) is 0.331. The summed E-state index contributed by atoms with van der Waals surface area (Å²) in [7, 11) is 1.99. The molecule has 192 valence electrons. The number of thiophene rings is 1. The second-order valence-electron chi connectivity index (χ2n) is 9.40. The summed E-state index contributed by atoms with van der Waals surface area (Å²) in [6, 6.07) is 23.2. The van der Waals surface area contributed by atoms with Crippen LogP contribution in [0.2, 0.25) is 0 Å². The van der Waals surface area contributed by atoms with Crippen molar-refractivity contribution in [2.75, 3.05) is 38.1 Å². The van der Waals surface area contributed by atoms with Gasteiger partial charge in [-0.25, -0.2) is 0 Å². The van der Waals surface area contributed by atoms with E-state index in [1.165, 1.54) is 10.4 Å². The van der Waals surface area contributed by atoms with Gasteiger partial charge < -0.3 is 19.9 Å². The number of para-hydroxylation sites is 2. The number of carbonyl (C=O) groups excluding carboxylic acids is 1. The van der Waals surface area contributed by atoms with Gasteiger partial charge in [0, 0.05) is 49.1 Å². The number of nitrogens with one attached hydrogen (secondary N) is 1. The van der Waals surface area contributed by atoms with Crippen LogP contribution in [-0.2, 0) is 11.2 Å². The first-order chi connectivity index (χ1) is 17.7. The van der Waals surface area contributed by atoms with Crippen molar-refractivity contribution in [1.29, 1.82) is 0 Å². The Morgan fingerprint density at radius 1 is 1.08 bits per heavy atom. The third kappa shape index (κ3) is 6.96. The number of piperidine rings is 1. The van der Waals surface area contributed by atoms with Crippen molar-refractivity contribution in [2.24, 2.45) is 0 Å². The number of benzene rings is 2. The van der Waals surface area contributed by atoms with E-state index in [0.29, 0.717) is 6.42 Å². The number of carbonyl (C=O) groups is 1. The lowest BCUT2D eigenvalue weighted by molar-refractivity contribution is -0.119. The van der Waals surface area contributed by atoms with Crippen molar-refractivity contribution >= 4 is 22.9 Å². The molecular formula is C30H39N3O2S. The highest BCUT2D eigenvalue weighted by atomic mass is 32.1. The van der Waals surface area contributed by atoms with E-state index in [1.807, 2.05) is 37.1 Å². The predicted molar refractivity (Wildman–Crippen MR) is 150 cm³/mol. The van der Waals surface area contributed by atoms with Gasteiger partial charge >= 0.3 is 0 Å². The number of amides is 1. The molecule has 1 fully saturated rings. The lowest BCUT2D eigenvalue weighted by Gasteiger charge is -2.38. The van der Waals surface area contributed by atoms with Crippen molar-refractivity contribution in [3.05, 3.63) is 82.6 Å². The minimum atomic E-state index is 0.0643. The zero-order valence-corrected chi connectivity index (χ0v) is 22.4. The fourth-order valence-electron chi connectivity index (χ4n) is 4.98. The summed E-state index contributed by atoms with van der Waals surface area (Å²) < 4.78 is 6.58. The van der Waals surface area contributed by atoms with Crippen LogP contribution < -0.4 is 15.0 Å². The normalized spacial score (nSPS) is 15.5. The number of rotatable bonds is 12. The number of nitrogens with zero attached hydrogens (tertiary/aromatic N) is 2. The van der Waals surface area contributed by atoms with Gasteiger partial charge in [-0.3, -0.25) is 4.79 Å². The molecule has 2 aromatic carbocycles. The van der Waals surface area contributed by atoms with E-state index in [1.54, 1.807) is 11.3 Å². The Bertz CT molecular complexity index is 1050. The van der Waals surface area contributed by atoms with Crippen molar-refractivity contribution < 1.29 is 9.53 Å². The molecule has 5 nitrogen and oxygen atoms in total. The first-order valence-corrected chi connectivity index (χ1v) is 14.1. The molecule has 0 radical (unpaired) electrons. The maximum Gasteiger partial charge on any atom is 0.226 e. The fourth-order valence-corrected chi connectivity index (χ4v) is 5.77. The third-order valence-corrected chi connectivity index (χ3v) is 7.95. The largest absolute Gasteiger partial charge is 0.485 e. The summed E-state index contributed by atoms with van der Waals surface area (Å²) in [6.07, 6.45) is 4.50. The van der Waals surface area contributed by atoms with Gasteiger partial charge in [0.25, 0.3) is 0 Å². The molecule has 1 saturated heterocycles. The molecular weight excluding hydrogens is 466 g/mol. The predicted octanol–water partition coefficient (Wildman–Crippen LogP) is 5.93. The van der Waals surface area contributed by atoms with Gasteiger partial charge in [-0.15, -0.1) is 11.3 Å². The zero-order valence-electron chi connectivity index (χ0n) is 21.6. The Morgan fingerprint density at radius 2 is 1.83 bits per heavy atom.